The summed E-state index contributed by atoms with van der Waals surface area (Å²) in [6, 6.07) is 13.2. The number of amides is 1. The highest BCUT2D eigenvalue weighted by atomic mass is 35.5. The van der Waals surface area contributed by atoms with Gasteiger partial charge in [0.15, 0.2) is 0 Å². The van der Waals surface area contributed by atoms with Crippen LogP contribution in [0.25, 0.3) is 0 Å². The fraction of sp³-hybridized carbons (Fsp3) is 0.133. The predicted molar refractivity (Wildman–Crippen MR) is 87.9 cm³/mol. The van der Waals surface area contributed by atoms with Gasteiger partial charge in [0.1, 0.15) is 0 Å². The molecule has 21 heavy (non-hydrogen) atoms. The molecule has 0 heterocycles. The molecule has 0 aliphatic rings. The van der Waals surface area contributed by atoms with Crippen LogP contribution in [0.1, 0.15) is 11.1 Å². The van der Waals surface area contributed by atoms with Crippen LogP contribution in [0.3, 0.4) is 0 Å². The SMILES string of the molecule is NNC(=O)Cc1ccccc1CSc1c(N)cccc1Cl. The molecule has 2 aromatic rings. The monoisotopic (exact) mass is 321 g/mol. The van der Waals surface area contributed by atoms with Gasteiger partial charge in [-0.1, -0.05) is 41.9 Å². The molecule has 0 saturated heterocycles. The number of hydrazine groups is 1. The number of benzene rings is 2. The zero-order valence-electron chi connectivity index (χ0n) is 11.3. The summed E-state index contributed by atoms with van der Waals surface area (Å²) < 4.78 is 0. The lowest BCUT2D eigenvalue weighted by molar-refractivity contribution is -0.120. The zero-order chi connectivity index (χ0) is 15.2. The Kier molecular flexibility index (Phi) is 5.50. The van der Waals surface area contributed by atoms with E-state index in [9.17, 15) is 4.79 Å². The van der Waals surface area contributed by atoms with Gasteiger partial charge in [-0.2, -0.15) is 0 Å². The summed E-state index contributed by atoms with van der Waals surface area (Å²) in [6.07, 6.45) is 0.255. The Labute approximate surface area is 132 Å². The van der Waals surface area contributed by atoms with Crippen molar-refractivity contribution >= 4 is 35.0 Å². The highest BCUT2D eigenvalue weighted by molar-refractivity contribution is 7.98. The quantitative estimate of drug-likeness (QED) is 0.260. The van der Waals surface area contributed by atoms with Gasteiger partial charge in [0.25, 0.3) is 0 Å². The highest BCUT2D eigenvalue weighted by Gasteiger charge is 2.09. The van der Waals surface area contributed by atoms with Gasteiger partial charge in [-0.25, -0.2) is 5.84 Å². The first-order chi connectivity index (χ1) is 10.1. The minimum atomic E-state index is -0.218. The number of hydrogen-bond donors (Lipinski definition) is 3. The normalized spacial score (nSPS) is 10.4. The third kappa shape index (κ3) is 4.14. The maximum absolute atomic E-state index is 11.4. The third-order valence-corrected chi connectivity index (χ3v) is 4.63. The number of hydrogen-bond acceptors (Lipinski definition) is 4. The number of carbonyl (C=O) groups excluding carboxylic acids is 1. The molecule has 6 heteroatoms. The summed E-state index contributed by atoms with van der Waals surface area (Å²) in [5.41, 5.74) is 10.7. The Morgan fingerprint density at radius 3 is 2.52 bits per heavy atom. The van der Waals surface area contributed by atoms with Crippen LogP contribution in [0, 0.1) is 0 Å². The Morgan fingerprint density at radius 1 is 1.14 bits per heavy atom. The van der Waals surface area contributed by atoms with Gasteiger partial charge in [-0.05, 0) is 23.3 Å². The van der Waals surface area contributed by atoms with Crippen molar-refractivity contribution in [1.82, 2.24) is 5.43 Å². The summed E-state index contributed by atoms with van der Waals surface area (Å²) in [5, 5.41) is 0.636. The van der Waals surface area contributed by atoms with Crippen LogP contribution in [-0.4, -0.2) is 5.91 Å². The van der Waals surface area contributed by atoms with E-state index < -0.39 is 0 Å². The Balaban J connectivity index is 2.15. The van der Waals surface area contributed by atoms with Crippen LogP contribution in [0.5, 0.6) is 0 Å². The molecular formula is C15H16ClN3OS. The van der Waals surface area contributed by atoms with Crippen molar-refractivity contribution in [2.75, 3.05) is 5.73 Å². The molecule has 0 atom stereocenters. The van der Waals surface area contributed by atoms with Crippen molar-refractivity contribution in [1.29, 1.82) is 0 Å². The first-order valence-corrected chi connectivity index (χ1v) is 7.71. The van der Waals surface area contributed by atoms with Crippen LogP contribution in [0.2, 0.25) is 5.02 Å². The van der Waals surface area contributed by atoms with Gasteiger partial charge >= 0.3 is 0 Å². The lowest BCUT2D eigenvalue weighted by Gasteiger charge is -2.11. The zero-order valence-corrected chi connectivity index (χ0v) is 12.9. The van der Waals surface area contributed by atoms with Gasteiger partial charge in [-0.3, -0.25) is 10.2 Å². The minimum Gasteiger partial charge on any atom is -0.398 e. The smallest absolute Gasteiger partial charge is 0.238 e. The second-order valence-electron chi connectivity index (χ2n) is 4.46. The van der Waals surface area contributed by atoms with Gasteiger partial charge in [0.05, 0.1) is 11.4 Å². The Bertz CT molecular complexity index is 628. The molecule has 0 bridgehead atoms. The van der Waals surface area contributed by atoms with E-state index in [-0.39, 0.29) is 12.3 Å². The van der Waals surface area contributed by atoms with Gasteiger partial charge in [0, 0.05) is 16.3 Å². The average molecular weight is 322 g/mol. The molecule has 0 spiro atoms. The van der Waals surface area contributed by atoms with Crippen molar-refractivity contribution in [2.24, 2.45) is 5.84 Å². The number of carbonyl (C=O) groups is 1. The highest BCUT2D eigenvalue weighted by Crippen LogP contribution is 2.35. The van der Waals surface area contributed by atoms with Crippen LogP contribution < -0.4 is 17.0 Å². The first kappa shape index (κ1) is 15.7. The molecule has 110 valence electrons. The standard InChI is InChI=1S/C15H16ClN3OS/c16-12-6-3-7-13(17)15(12)21-9-11-5-2-1-4-10(11)8-14(20)19-18/h1-7H,8-9,17-18H2,(H,19,20). The number of rotatable bonds is 5. The van der Waals surface area contributed by atoms with Crippen LogP contribution in [-0.2, 0) is 17.0 Å². The topological polar surface area (TPSA) is 81.1 Å². The fourth-order valence-corrected chi connectivity index (χ4v) is 3.29. The number of nitrogen functional groups attached to an aromatic ring is 1. The molecule has 2 rings (SSSR count). The third-order valence-electron chi connectivity index (χ3n) is 3.00. The molecule has 2 aromatic carbocycles. The maximum Gasteiger partial charge on any atom is 0.238 e. The van der Waals surface area contributed by atoms with E-state index in [0.29, 0.717) is 16.5 Å². The maximum atomic E-state index is 11.4. The number of nitrogens with one attached hydrogen (secondary N) is 1. The minimum absolute atomic E-state index is 0.218. The summed E-state index contributed by atoms with van der Waals surface area (Å²) in [5.74, 6) is 5.60. The van der Waals surface area contributed by atoms with Crippen LogP contribution >= 0.6 is 23.4 Å². The van der Waals surface area contributed by atoms with Crippen LogP contribution in [0.15, 0.2) is 47.4 Å². The number of nitrogens with two attached hydrogens (primary N) is 2. The fourth-order valence-electron chi connectivity index (χ4n) is 1.92. The van der Waals surface area contributed by atoms with E-state index in [1.807, 2.05) is 42.5 Å². The van der Waals surface area contributed by atoms with Gasteiger partial charge < -0.3 is 5.73 Å². The van der Waals surface area contributed by atoms with Crippen molar-refractivity contribution in [2.45, 2.75) is 17.1 Å². The summed E-state index contributed by atoms with van der Waals surface area (Å²) in [6.45, 7) is 0. The average Bonchev–Trinajstić information content (AvgIpc) is 2.48. The van der Waals surface area contributed by atoms with Crippen molar-refractivity contribution in [3.63, 3.8) is 0 Å². The molecule has 4 nitrogen and oxygen atoms in total. The van der Waals surface area contributed by atoms with Crippen molar-refractivity contribution < 1.29 is 4.79 Å². The Hall–Kier alpha value is -1.69. The lowest BCUT2D eigenvalue weighted by atomic mass is 10.1. The molecule has 0 aliphatic carbocycles. The van der Waals surface area contributed by atoms with E-state index in [1.165, 1.54) is 0 Å². The van der Waals surface area contributed by atoms with Crippen LogP contribution in [0.4, 0.5) is 5.69 Å². The van der Waals surface area contributed by atoms with E-state index in [4.69, 9.17) is 23.2 Å². The molecule has 1 amide bonds. The summed E-state index contributed by atoms with van der Waals surface area (Å²) in [7, 11) is 0. The summed E-state index contributed by atoms with van der Waals surface area (Å²) in [4.78, 5) is 12.3. The van der Waals surface area contributed by atoms with E-state index in [2.05, 4.69) is 5.43 Å². The number of thioether (sulfide) groups is 1. The second-order valence-corrected chi connectivity index (χ2v) is 5.85. The number of anilines is 1. The van der Waals surface area contributed by atoms with Gasteiger partial charge in [0.2, 0.25) is 5.91 Å². The van der Waals surface area contributed by atoms with E-state index >= 15 is 0 Å². The van der Waals surface area contributed by atoms with E-state index in [1.54, 1.807) is 11.8 Å². The van der Waals surface area contributed by atoms with E-state index in [0.717, 1.165) is 16.0 Å². The molecule has 0 aliphatic heterocycles. The lowest BCUT2D eigenvalue weighted by Crippen LogP contribution is -2.31. The van der Waals surface area contributed by atoms with Gasteiger partial charge in [-0.15, -0.1) is 11.8 Å². The predicted octanol–water partition coefficient (Wildman–Crippen LogP) is 2.75. The second kappa shape index (κ2) is 7.36. The molecule has 0 saturated carbocycles. The molecular weight excluding hydrogens is 306 g/mol. The largest absolute Gasteiger partial charge is 0.398 e. The molecule has 0 radical (unpaired) electrons. The molecule has 0 aromatic heterocycles. The first-order valence-electron chi connectivity index (χ1n) is 6.35. The molecule has 0 fully saturated rings. The summed E-state index contributed by atoms with van der Waals surface area (Å²) >= 11 is 7.72. The molecule has 0 unspecified atom stereocenters. The van der Waals surface area contributed by atoms with Crippen molar-refractivity contribution in [3.05, 3.63) is 58.6 Å². The Morgan fingerprint density at radius 2 is 1.86 bits per heavy atom. The number of halogens is 1. The van der Waals surface area contributed by atoms with Crippen molar-refractivity contribution in [3.8, 4) is 0 Å². The molecule has 5 N–H and O–H groups in total.